The van der Waals surface area contributed by atoms with Crippen LogP contribution in [0.3, 0.4) is 0 Å². The van der Waals surface area contributed by atoms with Gasteiger partial charge in [0.1, 0.15) is 23.5 Å². The first-order valence-corrected chi connectivity index (χ1v) is 11.7. The fraction of sp³-hybridized carbons (Fsp3) is 0.158. The number of nitrogens with one attached hydrogen (secondary N) is 1. The summed E-state index contributed by atoms with van der Waals surface area (Å²) in [6.07, 6.45) is 2.32. The average molecular weight is 481 g/mol. The molecule has 0 spiro atoms. The molecule has 0 aliphatic heterocycles. The fourth-order valence-electron chi connectivity index (χ4n) is 2.89. The van der Waals surface area contributed by atoms with Gasteiger partial charge in [0.05, 0.1) is 24.2 Å². The maximum absolute atomic E-state index is 14.2. The summed E-state index contributed by atoms with van der Waals surface area (Å²) >= 11 is 0. The second-order valence-corrected chi connectivity index (χ2v) is 9.50. The van der Waals surface area contributed by atoms with Gasteiger partial charge >= 0.3 is 0 Å². The van der Waals surface area contributed by atoms with Crippen molar-refractivity contribution in [2.45, 2.75) is 6.54 Å². The molecule has 0 amide bonds. The van der Waals surface area contributed by atoms with Gasteiger partial charge in [-0.25, -0.2) is 27.2 Å². The lowest BCUT2D eigenvalue weighted by atomic mass is 10.2. The van der Waals surface area contributed by atoms with Crippen molar-refractivity contribution in [1.82, 2.24) is 24.9 Å². The Labute approximate surface area is 185 Å². The highest BCUT2D eigenvalue weighted by Crippen LogP contribution is 2.26. The zero-order valence-corrected chi connectivity index (χ0v) is 17.8. The van der Waals surface area contributed by atoms with Gasteiger partial charge in [0, 0.05) is 28.9 Å². The molecular weight excluding hydrogens is 466 g/mol. The van der Waals surface area contributed by atoms with Crippen molar-refractivity contribution < 1.29 is 21.7 Å². The van der Waals surface area contributed by atoms with Gasteiger partial charge in [-0.15, -0.1) is 0 Å². The number of anilines is 1. The number of benzene rings is 1. The van der Waals surface area contributed by atoms with Crippen molar-refractivity contribution in [3.05, 3.63) is 66.1 Å². The standard InChI is InChI=1S/C19H15ClF2N6O3S/c20-32(29,30)8-6-23-18-14(22)10-24-19(25-18)16-9-17(15-5-7-31-27-15)28(26-16)11-12-3-1-2-4-13(12)21/h1-5,7,9-10H,6,8,11H2,(H,23,24,25). The van der Waals surface area contributed by atoms with E-state index in [0.29, 0.717) is 17.0 Å². The molecule has 0 bridgehead atoms. The Balaban J connectivity index is 1.68. The fourth-order valence-corrected chi connectivity index (χ4v) is 3.47. The van der Waals surface area contributed by atoms with Gasteiger partial charge in [-0.05, 0) is 12.1 Å². The minimum absolute atomic E-state index is 0.0691. The predicted molar refractivity (Wildman–Crippen MR) is 112 cm³/mol. The Bertz CT molecular complexity index is 1350. The zero-order valence-electron chi connectivity index (χ0n) is 16.2. The number of hydrogen-bond acceptors (Lipinski definition) is 8. The molecule has 0 atom stereocenters. The third-order valence-corrected chi connectivity index (χ3v) is 5.52. The quantitative estimate of drug-likeness (QED) is 0.382. The van der Waals surface area contributed by atoms with Crippen LogP contribution in [0.5, 0.6) is 0 Å². The SMILES string of the molecule is O=S(=O)(Cl)CCNc1nc(-c2cc(-c3ccon3)n(Cc3ccccc3F)n2)ncc1F. The Morgan fingerprint density at radius 2 is 1.94 bits per heavy atom. The third-order valence-electron chi connectivity index (χ3n) is 4.37. The first-order valence-electron chi connectivity index (χ1n) is 9.21. The van der Waals surface area contributed by atoms with Crippen LogP contribution >= 0.6 is 10.7 Å². The van der Waals surface area contributed by atoms with Gasteiger partial charge in [0.15, 0.2) is 17.5 Å². The number of halogens is 3. The lowest BCUT2D eigenvalue weighted by molar-refractivity contribution is 0.421. The van der Waals surface area contributed by atoms with E-state index in [1.165, 1.54) is 17.0 Å². The molecule has 1 N–H and O–H groups in total. The summed E-state index contributed by atoms with van der Waals surface area (Å²) in [6.45, 7) is -0.0557. The van der Waals surface area contributed by atoms with Gasteiger partial charge in [0.2, 0.25) is 9.05 Å². The van der Waals surface area contributed by atoms with Crippen molar-refractivity contribution in [3.8, 4) is 22.9 Å². The Morgan fingerprint density at radius 3 is 2.66 bits per heavy atom. The number of nitrogens with zero attached hydrogens (tertiary/aromatic N) is 5. The molecule has 0 saturated carbocycles. The maximum atomic E-state index is 14.2. The van der Waals surface area contributed by atoms with E-state index < -0.39 is 26.4 Å². The van der Waals surface area contributed by atoms with Crippen molar-refractivity contribution >= 4 is 25.6 Å². The molecule has 4 aromatic rings. The van der Waals surface area contributed by atoms with E-state index in [0.717, 1.165) is 6.20 Å². The molecule has 0 radical (unpaired) electrons. The van der Waals surface area contributed by atoms with Gasteiger partial charge in [0.25, 0.3) is 0 Å². The number of hydrogen-bond donors (Lipinski definition) is 1. The summed E-state index contributed by atoms with van der Waals surface area (Å²) in [5.41, 5.74) is 1.63. The van der Waals surface area contributed by atoms with Gasteiger partial charge in [-0.3, -0.25) is 4.68 Å². The van der Waals surface area contributed by atoms with Crippen molar-refractivity contribution in [2.75, 3.05) is 17.6 Å². The molecule has 0 aliphatic carbocycles. The first kappa shape index (κ1) is 21.8. The summed E-state index contributed by atoms with van der Waals surface area (Å²) in [7, 11) is 1.42. The summed E-state index contributed by atoms with van der Waals surface area (Å²) in [5, 5.41) is 10.9. The minimum atomic E-state index is -3.75. The second kappa shape index (κ2) is 9.01. The molecule has 3 heterocycles. The van der Waals surface area contributed by atoms with E-state index in [1.54, 1.807) is 30.3 Å². The molecule has 0 unspecified atom stereocenters. The third kappa shape index (κ3) is 5.08. The van der Waals surface area contributed by atoms with Crippen LogP contribution in [0.15, 0.2) is 53.4 Å². The van der Waals surface area contributed by atoms with Gasteiger partial charge in [-0.1, -0.05) is 23.4 Å². The van der Waals surface area contributed by atoms with E-state index in [-0.39, 0.29) is 30.4 Å². The molecule has 32 heavy (non-hydrogen) atoms. The molecule has 0 aliphatic rings. The summed E-state index contributed by atoms with van der Waals surface area (Å²) in [6, 6.07) is 9.49. The molecule has 0 fully saturated rings. The second-order valence-electron chi connectivity index (χ2n) is 6.61. The van der Waals surface area contributed by atoms with Crippen LogP contribution in [0.25, 0.3) is 22.9 Å². The van der Waals surface area contributed by atoms with Crippen LogP contribution in [-0.4, -0.2) is 45.6 Å². The first-order chi connectivity index (χ1) is 15.3. The number of aromatic nitrogens is 5. The van der Waals surface area contributed by atoms with E-state index >= 15 is 0 Å². The Kier molecular flexibility index (Phi) is 6.15. The van der Waals surface area contributed by atoms with E-state index in [2.05, 4.69) is 25.5 Å². The topological polar surface area (TPSA) is 116 Å². The lowest BCUT2D eigenvalue weighted by Gasteiger charge is -2.07. The molecule has 4 rings (SSSR count). The van der Waals surface area contributed by atoms with Crippen LogP contribution in [0.1, 0.15) is 5.56 Å². The van der Waals surface area contributed by atoms with Crippen LogP contribution in [-0.2, 0) is 15.6 Å². The smallest absolute Gasteiger partial charge is 0.234 e. The van der Waals surface area contributed by atoms with Gasteiger partial charge < -0.3 is 9.84 Å². The lowest BCUT2D eigenvalue weighted by Crippen LogP contribution is -2.14. The largest absolute Gasteiger partial charge is 0.366 e. The average Bonchev–Trinajstić information content (AvgIpc) is 3.40. The van der Waals surface area contributed by atoms with Crippen molar-refractivity contribution in [1.29, 1.82) is 0 Å². The highest BCUT2D eigenvalue weighted by atomic mass is 35.7. The molecule has 13 heteroatoms. The van der Waals surface area contributed by atoms with Gasteiger partial charge in [-0.2, -0.15) is 5.10 Å². The Morgan fingerprint density at radius 1 is 1.12 bits per heavy atom. The summed E-state index contributed by atoms with van der Waals surface area (Å²) in [4.78, 5) is 8.06. The van der Waals surface area contributed by atoms with Crippen molar-refractivity contribution in [2.24, 2.45) is 0 Å². The van der Waals surface area contributed by atoms with Crippen LogP contribution in [0.4, 0.5) is 14.6 Å². The predicted octanol–water partition coefficient (Wildman–Crippen LogP) is 3.30. The summed E-state index contributed by atoms with van der Waals surface area (Å²) in [5.74, 6) is -1.72. The normalized spacial score (nSPS) is 11.6. The molecule has 9 nitrogen and oxygen atoms in total. The Hall–Kier alpha value is -3.38. The molecule has 3 aromatic heterocycles. The minimum Gasteiger partial charge on any atom is -0.366 e. The molecule has 1 aromatic carbocycles. The summed E-state index contributed by atoms with van der Waals surface area (Å²) < 4.78 is 56.8. The van der Waals surface area contributed by atoms with E-state index in [1.807, 2.05) is 0 Å². The monoisotopic (exact) mass is 480 g/mol. The highest BCUT2D eigenvalue weighted by molar-refractivity contribution is 8.13. The highest BCUT2D eigenvalue weighted by Gasteiger charge is 2.18. The van der Waals surface area contributed by atoms with Crippen LogP contribution < -0.4 is 5.32 Å². The van der Waals surface area contributed by atoms with Crippen LogP contribution in [0.2, 0.25) is 0 Å². The van der Waals surface area contributed by atoms with Crippen LogP contribution in [0, 0.1) is 11.6 Å². The molecule has 0 saturated heterocycles. The number of rotatable bonds is 8. The molecule has 166 valence electrons. The maximum Gasteiger partial charge on any atom is 0.234 e. The molecular formula is C19H15ClF2N6O3S. The van der Waals surface area contributed by atoms with Crippen molar-refractivity contribution in [3.63, 3.8) is 0 Å². The van der Waals surface area contributed by atoms with E-state index in [4.69, 9.17) is 15.2 Å². The zero-order chi connectivity index (χ0) is 22.7. The van der Waals surface area contributed by atoms with E-state index in [9.17, 15) is 17.2 Å².